The van der Waals surface area contributed by atoms with Crippen molar-refractivity contribution in [1.82, 2.24) is 5.32 Å². The van der Waals surface area contributed by atoms with Gasteiger partial charge in [-0.25, -0.2) is 0 Å². The number of nitrogens with one attached hydrogen (secondary N) is 1. The summed E-state index contributed by atoms with van der Waals surface area (Å²) in [5.74, 6) is 0.447. The summed E-state index contributed by atoms with van der Waals surface area (Å²) in [7, 11) is -2.35. The minimum absolute atomic E-state index is 0.447. The van der Waals surface area contributed by atoms with Crippen molar-refractivity contribution < 1.29 is 13.0 Å². The van der Waals surface area contributed by atoms with Crippen LogP contribution in [0.15, 0.2) is 0 Å². The summed E-state index contributed by atoms with van der Waals surface area (Å²) >= 11 is 0. The van der Waals surface area contributed by atoms with E-state index in [1.807, 2.05) is 0 Å². The second-order valence-corrected chi connectivity index (χ2v) is 5.63. The lowest BCUT2D eigenvalue weighted by atomic mass is 9.87. The standard InChI is InChI=1S/C9H19NO3S/c1-10-9(14(11,12)13)7-8-5-3-2-4-6-8/h8-10H,2-7H2,1H3,(H,11,12,13). The molecule has 1 saturated carbocycles. The van der Waals surface area contributed by atoms with Crippen LogP contribution in [0.25, 0.3) is 0 Å². The lowest BCUT2D eigenvalue weighted by Gasteiger charge is -2.24. The molecule has 0 aromatic carbocycles. The molecular formula is C9H19NO3S. The molecule has 0 aliphatic heterocycles. The highest BCUT2D eigenvalue weighted by Crippen LogP contribution is 2.28. The van der Waals surface area contributed by atoms with Crippen LogP contribution in [0.3, 0.4) is 0 Å². The van der Waals surface area contributed by atoms with Crippen molar-refractivity contribution in [2.24, 2.45) is 5.92 Å². The fourth-order valence-electron chi connectivity index (χ4n) is 2.11. The first-order chi connectivity index (χ1) is 6.54. The van der Waals surface area contributed by atoms with Crippen LogP contribution in [0.5, 0.6) is 0 Å². The van der Waals surface area contributed by atoms with Gasteiger partial charge in [-0.05, 0) is 19.4 Å². The SMILES string of the molecule is CNC(CC1CCCCC1)S(=O)(=O)O. The van der Waals surface area contributed by atoms with Gasteiger partial charge in [-0.15, -0.1) is 0 Å². The third-order valence-corrected chi connectivity index (χ3v) is 4.10. The normalized spacial score (nSPS) is 22.1. The Bertz CT molecular complexity index is 257. The van der Waals surface area contributed by atoms with Gasteiger partial charge < -0.3 is 5.32 Å². The Morgan fingerprint density at radius 2 is 1.93 bits per heavy atom. The van der Waals surface area contributed by atoms with Crippen LogP contribution in [0.1, 0.15) is 38.5 Å². The van der Waals surface area contributed by atoms with Gasteiger partial charge in [0, 0.05) is 0 Å². The van der Waals surface area contributed by atoms with E-state index in [0.717, 1.165) is 12.8 Å². The topological polar surface area (TPSA) is 66.4 Å². The zero-order chi connectivity index (χ0) is 10.6. The molecule has 84 valence electrons. The van der Waals surface area contributed by atoms with E-state index in [9.17, 15) is 8.42 Å². The average Bonchev–Trinajstić information content (AvgIpc) is 2.14. The monoisotopic (exact) mass is 221 g/mol. The Morgan fingerprint density at radius 3 is 2.36 bits per heavy atom. The first-order valence-electron chi connectivity index (χ1n) is 5.17. The molecule has 0 radical (unpaired) electrons. The van der Waals surface area contributed by atoms with Crippen molar-refractivity contribution in [2.45, 2.75) is 43.9 Å². The third-order valence-electron chi connectivity index (χ3n) is 2.95. The van der Waals surface area contributed by atoms with E-state index in [4.69, 9.17) is 4.55 Å². The molecule has 1 atom stereocenters. The van der Waals surface area contributed by atoms with Gasteiger partial charge in [-0.1, -0.05) is 32.1 Å². The van der Waals surface area contributed by atoms with Crippen LogP contribution in [0.4, 0.5) is 0 Å². The minimum atomic E-state index is -3.93. The van der Waals surface area contributed by atoms with Gasteiger partial charge in [-0.2, -0.15) is 8.42 Å². The maximum atomic E-state index is 10.9. The van der Waals surface area contributed by atoms with Crippen molar-refractivity contribution in [2.75, 3.05) is 7.05 Å². The van der Waals surface area contributed by atoms with E-state index in [1.54, 1.807) is 7.05 Å². The Labute approximate surface area is 85.8 Å². The molecule has 0 aromatic heterocycles. The molecule has 0 aromatic rings. The van der Waals surface area contributed by atoms with Crippen LogP contribution in [-0.2, 0) is 10.1 Å². The maximum Gasteiger partial charge on any atom is 0.281 e. The minimum Gasteiger partial charge on any atom is -0.302 e. The van der Waals surface area contributed by atoms with Gasteiger partial charge in [0.15, 0.2) is 0 Å². The Morgan fingerprint density at radius 1 is 1.36 bits per heavy atom. The second kappa shape index (κ2) is 5.09. The number of rotatable bonds is 4. The highest BCUT2D eigenvalue weighted by atomic mass is 32.2. The van der Waals surface area contributed by atoms with Gasteiger partial charge in [-0.3, -0.25) is 4.55 Å². The highest BCUT2D eigenvalue weighted by molar-refractivity contribution is 7.86. The fraction of sp³-hybridized carbons (Fsp3) is 1.00. The van der Waals surface area contributed by atoms with E-state index in [1.165, 1.54) is 19.3 Å². The van der Waals surface area contributed by atoms with Crippen molar-refractivity contribution >= 4 is 10.1 Å². The van der Waals surface area contributed by atoms with Gasteiger partial charge in [0.2, 0.25) is 0 Å². The van der Waals surface area contributed by atoms with E-state index in [0.29, 0.717) is 12.3 Å². The molecule has 1 rings (SSSR count). The third kappa shape index (κ3) is 3.55. The number of hydrogen-bond donors (Lipinski definition) is 2. The summed E-state index contributed by atoms with van der Waals surface area (Å²) in [5.41, 5.74) is 0. The van der Waals surface area contributed by atoms with Crippen LogP contribution in [-0.4, -0.2) is 25.4 Å². The molecule has 0 amide bonds. The van der Waals surface area contributed by atoms with Crippen molar-refractivity contribution in [3.05, 3.63) is 0 Å². The summed E-state index contributed by atoms with van der Waals surface area (Å²) in [6.45, 7) is 0. The molecule has 0 heterocycles. The molecule has 0 bridgehead atoms. The Hall–Kier alpha value is -0.130. The highest BCUT2D eigenvalue weighted by Gasteiger charge is 2.25. The first kappa shape index (κ1) is 11.9. The summed E-state index contributed by atoms with van der Waals surface area (Å²) < 4.78 is 30.8. The quantitative estimate of drug-likeness (QED) is 0.704. The molecule has 5 heteroatoms. The van der Waals surface area contributed by atoms with Crippen LogP contribution in [0.2, 0.25) is 0 Å². The smallest absolute Gasteiger partial charge is 0.281 e. The molecule has 0 spiro atoms. The van der Waals surface area contributed by atoms with Gasteiger partial charge in [0.1, 0.15) is 5.37 Å². The predicted molar refractivity (Wildman–Crippen MR) is 55.6 cm³/mol. The van der Waals surface area contributed by atoms with Gasteiger partial charge in [0.05, 0.1) is 0 Å². The molecule has 1 unspecified atom stereocenters. The van der Waals surface area contributed by atoms with E-state index in [2.05, 4.69) is 5.32 Å². The molecule has 4 nitrogen and oxygen atoms in total. The molecule has 1 aliphatic rings. The van der Waals surface area contributed by atoms with E-state index >= 15 is 0 Å². The summed E-state index contributed by atoms with van der Waals surface area (Å²) in [6, 6.07) is 0. The summed E-state index contributed by atoms with van der Waals surface area (Å²) in [4.78, 5) is 0. The largest absolute Gasteiger partial charge is 0.302 e. The van der Waals surface area contributed by atoms with Crippen LogP contribution < -0.4 is 5.32 Å². The van der Waals surface area contributed by atoms with Crippen molar-refractivity contribution in [3.8, 4) is 0 Å². The molecule has 2 N–H and O–H groups in total. The predicted octanol–water partition coefficient (Wildman–Crippen LogP) is 1.39. The fourth-order valence-corrected chi connectivity index (χ4v) is 2.93. The van der Waals surface area contributed by atoms with Crippen molar-refractivity contribution in [3.63, 3.8) is 0 Å². The number of hydrogen-bond acceptors (Lipinski definition) is 3. The summed E-state index contributed by atoms with van der Waals surface area (Å²) in [6.07, 6.45) is 6.35. The zero-order valence-corrected chi connectivity index (χ0v) is 9.39. The van der Waals surface area contributed by atoms with E-state index in [-0.39, 0.29) is 0 Å². The molecular weight excluding hydrogens is 202 g/mol. The molecule has 0 saturated heterocycles. The lowest BCUT2D eigenvalue weighted by Crippen LogP contribution is -2.35. The second-order valence-electron chi connectivity index (χ2n) is 4.03. The Kier molecular flexibility index (Phi) is 4.34. The lowest BCUT2D eigenvalue weighted by molar-refractivity contribution is 0.319. The van der Waals surface area contributed by atoms with Gasteiger partial charge in [0.25, 0.3) is 10.1 Å². The van der Waals surface area contributed by atoms with Crippen molar-refractivity contribution in [1.29, 1.82) is 0 Å². The van der Waals surface area contributed by atoms with Gasteiger partial charge >= 0.3 is 0 Å². The average molecular weight is 221 g/mol. The molecule has 1 fully saturated rings. The molecule has 14 heavy (non-hydrogen) atoms. The zero-order valence-electron chi connectivity index (χ0n) is 8.57. The maximum absolute atomic E-state index is 10.9. The summed E-state index contributed by atoms with van der Waals surface area (Å²) in [5, 5.41) is 1.86. The Balaban J connectivity index is 2.47. The van der Waals surface area contributed by atoms with Crippen LogP contribution in [0, 0.1) is 5.92 Å². The first-order valence-corrected chi connectivity index (χ1v) is 6.68. The molecule has 1 aliphatic carbocycles. The van der Waals surface area contributed by atoms with Crippen LogP contribution >= 0.6 is 0 Å². The van der Waals surface area contributed by atoms with E-state index < -0.39 is 15.5 Å².